The fourth-order valence-electron chi connectivity index (χ4n) is 3.43. The smallest absolute Gasteiger partial charge is 0.257 e. The maximum absolute atomic E-state index is 14.2. The largest absolute Gasteiger partial charge is 0.331 e. The van der Waals surface area contributed by atoms with E-state index in [0.29, 0.717) is 12.5 Å². The number of hydrogen-bond donors (Lipinski definition) is 0. The highest BCUT2D eigenvalue weighted by Gasteiger charge is 2.31. The van der Waals surface area contributed by atoms with E-state index >= 15 is 0 Å². The molecule has 1 aliphatic carbocycles. The zero-order valence-corrected chi connectivity index (χ0v) is 13.1. The topological polar surface area (TPSA) is 33.2 Å². The molecule has 23 heavy (non-hydrogen) atoms. The van der Waals surface area contributed by atoms with Gasteiger partial charge in [-0.2, -0.15) is 0 Å². The van der Waals surface area contributed by atoms with Crippen molar-refractivity contribution in [1.82, 2.24) is 9.88 Å². The van der Waals surface area contributed by atoms with Crippen LogP contribution in [0.4, 0.5) is 4.39 Å². The van der Waals surface area contributed by atoms with E-state index in [1.165, 1.54) is 11.8 Å². The number of fused-ring (bicyclic) bond motifs is 1. The van der Waals surface area contributed by atoms with E-state index in [1.807, 2.05) is 19.1 Å². The Hall–Kier alpha value is -2.23. The second-order valence-corrected chi connectivity index (χ2v) is 6.49. The number of amides is 1. The van der Waals surface area contributed by atoms with Crippen LogP contribution in [-0.2, 0) is 6.42 Å². The van der Waals surface area contributed by atoms with Crippen LogP contribution in [0.25, 0.3) is 0 Å². The molecule has 1 aromatic carbocycles. The van der Waals surface area contributed by atoms with Crippen molar-refractivity contribution in [2.75, 3.05) is 6.54 Å². The van der Waals surface area contributed by atoms with Gasteiger partial charge in [-0.3, -0.25) is 9.78 Å². The van der Waals surface area contributed by atoms with Gasteiger partial charge in [-0.1, -0.05) is 24.3 Å². The van der Waals surface area contributed by atoms with E-state index in [2.05, 4.69) is 17.1 Å². The first-order valence-electron chi connectivity index (χ1n) is 8.19. The predicted octanol–water partition coefficient (Wildman–Crippen LogP) is 3.86. The lowest BCUT2D eigenvalue weighted by Crippen LogP contribution is -2.39. The van der Waals surface area contributed by atoms with Crippen molar-refractivity contribution >= 4 is 5.91 Å². The Kier molecular flexibility index (Phi) is 3.40. The fourth-order valence-corrected chi connectivity index (χ4v) is 3.43. The Morgan fingerprint density at radius 2 is 2.09 bits per heavy atom. The third kappa shape index (κ3) is 2.52. The molecule has 2 aromatic rings. The minimum absolute atomic E-state index is 0.0376. The van der Waals surface area contributed by atoms with Crippen LogP contribution in [0.3, 0.4) is 0 Å². The summed E-state index contributed by atoms with van der Waals surface area (Å²) in [6.45, 7) is 2.63. The van der Waals surface area contributed by atoms with Crippen LogP contribution in [-0.4, -0.2) is 22.3 Å². The van der Waals surface area contributed by atoms with Crippen LogP contribution in [0.1, 0.15) is 58.9 Å². The molecule has 4 heteroatoms. The number of benzene rings is 1. The second-order valence-electron chi connectivity index (χ2n) is 6.49. The van der Waals surface area contributed by atoms with Gasteiger partial charge in [-0.15, -0.1) is 0 Å². The Balaban J connectivity index is 1.66. The lowest BCUT2D eigenvalue weighted by Gasteiger charge is -2.35. The Bertz CT molecular complexity index is 770. The van der Waals surface area contributed by atoms with E-state index < -0.39 is 5.82 Å². The number of pyridine rings is 1. The highest BCUT2D eigenvalue weighted by molar-refractivity contribution is 5.95. The van der Waals surface area contributed by atoms with Gasteiger partial charge in [0.2, 0.25) is 0 Å². The third-order valence-electron chi connectivity index (χ3n) is 4.96. The number of nitrogens with zero attached hydrogens (tertiary/aromatic N) is 2. The van der Waals surface area contributed by atoms with Gasteiger partial charge in [0, 0.05) is 18.2 Å². The molecule has 0 radical (unpaired) electrons. The highest BCUT2D eigenvalue weighted by Crippen LogP contribution is 2.39. The zero-order valence-electron chi connectivity index (χ0n) is 13.1. The van der Waals surface area contributed by atoms with Crippen molar-refractivity contribution in [1.29, 1.82) is 0 Å². The van der Waals surface area contributed by atoms with Gasteiger partial charge in [0.15, 0.2) is 5.82 Å². The van der Waals surface area contributed by atoms with Crippen molar-refractivity contribution in [3.8, 4) is 0 Å². The Labute approximate surface area is 135 Å². The summed E-state index contributed by atoms with van der Waals surface area (Å²) in [5, 5.41) is 0. The molecule has 1 fully saturated rings. The quantitative estimate of drug-likeness (QED) is 0.844. The Morgan fingerprint density at radius 3 is 2.87 bits per heavy atom. The third-order valence-corrected chi connectivity index (χ3v) is 4.96. The molecule has 118 valence electrons. The number of halogens is 1. The summed E-state index contributed by atoms with van der Waals surface area (Å²) < 4.78 is 14.2. The van der Waals surface area contributed by atoms with Gasteiger partial charge >= 0.3 is 0 Å². The van der Waals surface area contributed by atoms with Crippen molar-refractivity contribution in [3.63, 3.8) is 0 Å². The number of rotatable bonds is 2. The van der Waals surface area contributed by atoms with Gasteiger partial charge in [-0.05, 0) is 43.4 Å². The lowest BCUT2D eigenvalue weighted by molar-refractivity contribution is 0.0672. The fraction of sp³-hybridized carbons (Fsp3) is 0.368. The van der Waals surface area contributed by atoms with Gasteiger partial charge in [0.05, 0.1) is 17.8 Å². The summed E-state index contributed by atoms with van der Waals surface area (Å²) in [6, 6.07) is 9.78. The first-order valence-corrected chi connectivity index (χ1v) is 8.19. The van der Waals surface area contributed by atoms with Crippen LogP contribution < -0.4 is 0 Å². The number of carbonyl (C=O) groups excluding carboxylic acids is 1. The molecule has 2 aliphatic rings. The molecule has 0 N–H and O–H groups in total. The van der Waals surface area contributed by atoms with Crippen LogP contribution in [0.5, 0.6) is 0 Å². The van der Waals surface area contributed by atoms with Gasteiger partial charge in [0.1, 0.15) is 0 Å². The van der Waals surface area contributed by atoms with E-state index in [1.54, 1.807) is 11.0 Å². The summed E-state index contributed by atoms with van der Waals surface area (Å²) in [5.41, 5.74) is 3.44. The van der Waals surface area contributed by atoms with E-state index in [4.69, 9.17) is 0 Å². The molecule has 1 aromatic heterocycles. The monoisotopic (exact) mass is 310 g/mol. The van der Waals surface area contributed by atoms with Crippen molar-refractivity contribution in [3.05, 3.63) is 64.7 Å². The molecule has 2 heterocycles. The van der Waals surface area contributed by atoms with Crippen LogP contribution in [0, 0.1) is 5.82 Å². The van der Waals surface area contributed by atoms with Crippen LogP contribution in [0.15, 0.2) is 36.5 Å². The van der Waals surface area contributed by atoms with E-state index in [-0.39, 0.29) is 17.5 Å². The second kappa shape index (κ2) is 5.44. The zero-order chi connectivity index (χ0) is 16.0. The molecule has 1 aliphatic heterocycles. The van der Waals surface area contributed by atoms with Gasteiger partial charge in [-0.25, -0.2) is 4.39 Å². The predicted molar refractivity (Wildman–Crippen MR) is 85.8 cm³/mol. The van der Waals surface area contributed by atoms with E-state index in [9.17, 15) is 9.18 Å². The summed E-state index contributed by atoms with van der Waals surface area (Å²) in [4.78, 5) is 18.8. The molecule has 1 atom stereocenters. The van der Waals surface area contributed by atoms with Crippen molar-refractivity contribution in [2.45, 2.75) is 38.1 Å². The average Bonchev–Trinajstić information content (AvgIpc) is 3.40. The molecule has 1 saturated carbocycles. The lowest BCUT2D eigenvalue weighted by atomic mass is 9.93. The maximum Gasteiger partial charge on any atom is 0.257 e. The van der Waals surface area contributed by atoms with Crippen molar-refractivity contribution in [2.24, 2.45) is 0 Å². The standard InChI is InChI=1S/C19H19FN2O/c1-12-15-5-3-2-4-13(15)8-9-22(12)19(23)16-10-18(14-6-7-14)21-11-17(16)20/h2-5,10-12,14H,6-9H2,1H3/t12-/m1/s1. The average molecular weight is 310 g/mol. The first-order chi connectivity index (χ1) is 11.1. The molecular weight excluding hydrogens is 291 g/mol. The molecule has 3 nitrogen and oxygen atoms in total. The minimum atomic E-state index is -0.523. The molecule has 0 bridgehead atoms. The summed E-state index contributed by atoms with van der Waals surface area (Å²) in [6.07, 6.45) is 4.18. The molecule has 0 saturated heterocycles. The van der Waals surface area contributed by atoms with Crippen LogP contribution >= 0.6 is 0 Å². The number of carbonyl (C=O) groups is 1. The SMILES string of the molecule is C[C@@H]1c2ccccc2CCN1C(=O)c1cc(C2CC2)ncc1F. The number of hydrogen-bond acceptors (Lipinski definition) is 2. The van der Waals surface area contributed by atoms with Gasteiger partial charge in [0.25, 0.3) is 5.91 Å². The normalized spacial score (nSPS) is 20.3. The number of aromatic nitrogens is 1. The van der Waals surface area contributed by atoms with Crippen LogP contribution in [0.2, 0.25) is 0 Å². The first kappa shape index (κ1) is 14.4. The summed E-state index contributed by atoms with van der Waals surface area (Å²) in [5.74, 6) is -0.346. The van der Waals surface area contributed by atoms with Crippen molar-refractivity contribution < 1.29 is 9.18 Å². The summed E-state index contributed by atoms with van der Waals surface area (Å²) >= 11 is 0. The molecular formula is C19H19FN2O. The van der Waals surface area contributed by atoms with Gasteiger partial charge < -0.3 is 4.90 Å². The Morgan fingerprint density at radius 1 is 1.30 bits per heavy atom. The molecule has 4 rings (SSSR count). The van der Waals surface area contributed by atoms with E-state index in [0.717, 1.165) is 30.5 Å². The molecule has 1 amide bonds. The molecule has 0 unspecified atom stereocenters. The maximum atomic E-state index is 14.2. The summed E-state index contributed by atoms with van der Waals surface area (Å²) in [7, 11) is 0. The highest BCUT2D eigenvalue weighted by atomic mass is 19.1. The molecule has 0 spiro atoms. The minimum Gasteiger partial charge on any atom is -0.331 e.